The van der Waals surface area contributed by atoms with Crippen molar-refractivity contribution in [1.29, 1.82) is 0 Å². The number of rotatable bonds is 9. The van der Waals surface area contributed by atoms with Gasteiger partial charge in [0, 0.05) is 35.3 Å². The van der Waals surface area contributed by atoms with E-state index in [9.17, 15) is 48.5 Å². The van der Waals surface area contributed by atoms with Crippen molar-refractivity contribution in [3.8, 4) is 0 Å². The van der Waals surface area contributed by atoms with Crippen molar-refractivity contribution < 1.29 is 62.4 Å². The summed E-state index contributed by atoms with van der Waals surface area (Å²) in [5.41, 5.74) is 3.72. The van der Waals surface area contributed by atoms with Crippen LogP contribution in [-0.4, -0.2) is 66.4 Å². The Bertz CT molecular complexity index is 2660. The van der Waals surface area contributed by atoms with Gasteiger partial charge in [0.15, 0.2) is 34.5 Å². The van der Waals surface area contributed by atoms with E-state index >= 15 is 0 Å². The number of nitrogens with zero attached hydrogens (tertiary/aromatic N) is 2. The van der Waals surface area contributed by atoms with Crippen LogP contribution in [0.25, 0.3) is 0 Å². The monoisotopic (exact) mass is 950 g/mol. The molecule has 3 aliphatic rings. The lowest BCUT2D eigenvalue weighted by Crippen LogP contribution is -2.29. The highest BCUT2D eigenvalue weighted by atomic mass is 32.2. The first-order valence-corrected chi connectivity index (χ1v) is 24.1. The van der Waals surface area contributed by atoms with Gasteiger partial charge in [0.2, 0.25) is 0 Å². The fourth-order valence-corrected chi connectivity index (χ4v) is 10.9. The minimum absolute atomic E-state index is 0. The fourth-order valence-electron chi connectivity index (χ4n) is 6.95. The van der Waals surface area contributed by atoms with Crippen molar-refractivity contribution in [1.82, 2.24) is 9.97 Å². The lowest BCUT2D eigenvalue weighted by atomic mass is 9.64. The fraction of sp³-hybridized carbons (Fsp3) is 0.209. The van der Waals surface area contributed by atoms with E-state index in [4.69, 9.17) is 14.0 Å². The average molecular weight is 950 g/mol. The number of benzene rings is 4. The van der Waals surface area contributed by atoms with Gasteiger partial charge in [-0.1, -0.05) is 64.1 Å². The first kappa shape index (κ1) is 50.8. The molecule has 0 atom stereocenters. The third-order valence-electron chi connectivity index (χ3n) is 10.3. The third-order valence-corrected chi connectivity index (χ3v) is 15.2. The van der Waals surface area contributed by atoms with Crippen molar-refractivity contribution in [3.63, 3.8) is 0 Å². The van der Waals surface area contributed by atoms with Gasteiger partial charge in [0.25, 0.3) is 0 Å². The van der Waals surface area contributed by atoms with Crippen molar-refractivity contribution in [2.24, 2.45) is 0 Å². The van der Waals surface area contributed by atoms with E-state index in [1.165, 1.54) is 73.2 Å². The molecule has 0 radical (unpaired) electrons. The summed E-state index contributed by atoms with van der Waals surface area (Å²) in [6.07, 6.45) is 4.13. The highest BCUT2D eigenvalue weighted by Crippen LogP contribution is 2.24. The second kappa shape index (κ2) is 21.0. The number of aromatic nitrogens is 2. The summed E-state index contributed by atoms with van der Waals surface area (Å²) in [6.45, 7) is 2.33. The smallest absolute Gasteiger partial charge is 0.427 e. The summed E-state index contributed by atoms with van der Waals surface area (Å²) < 4.78 is 131. The molecule has 0 spiro atoms. The Morgan fingerprint density at radius 2 is 1.00 bits per heavy atom. The maximum Gasteiger partial charge on any atom is 0.491 e. The zero-order valence-electron chi connectivity index (χ0n) is 33.3. The Labute approximate surface area is 377 Å². The predicted octanol–water partition coefficient (Wildman–Crippen LogP) is 4.25. The zero-order chi connectivity index (χ0) is 45.1. The second-order valence-corrected chi connectivity index (χ2v) is 20.6. The maximum absolute atomic E-state index is 14.1. The molecule has 65 heavy (non-hydrogen) atoms. The highest BCUT2D eigenvalue weighted by Gasteiger charge is 2.32. The van der Waals surface area contributed by atoms with Gasteiger partial charge < -0.3 is 24.0 Å². The van der Waals surface area contributed by atoms with Crippen LogP contribution in [0.4, 0.5) is 13.2 Å². The van der Waals surface area contributed by atoms with Gasteiger partial charge in [-0.05, 0) is 87.7 Å². The molecule has 0 amide bonds. The summed E-state index contributed by atoms with van der Waals surface area (Å²) in [5, 5.41) is 19.1. The third kappa shape index (κ3) is 11.8. The average Bonchev–Trinajstić information content (AvgIpc) is 3.93. The number of hydrogen-bond donors (Lipinski definition) is 2. The van der Waals surface area contributed by atoms with Gasteiger partial charge in [-0.3, -0.25) is 4.98 Å². The van der Waals surface area contributed by atoms with E-state index < -0.39 is 72.7 Å². The molecule has 13 nitrogen and oxygen atoms in total. The second-order valence-electron chi connectivity index (χ2n) is 14.7. The van der Waals surface area contributed by atoms with Crippen LogP contribution in [-0.2, 0) is 80.6 Å². The van der Waals surface area contributed by atoms with Gasteiger partial charge in [0.1, 0.15) is 17.5 Å². The summed E-state index contributed by atoms with van der Waals surface area (Å²) >= 11 is 0. The van der Waals surface area contributed by atoms with E-state index in [0.29, 0.717) is 28.7 Å². The molecule has 0 saturated heterocycles. The van der Waals surface area contributed by atoms with Crippen molar-refractivity contribution in [2.45, 2.75) is 73.6 Å². The molecule has 22 heteroatoms. The van der Waals surface area contributed by atoms with Crippen LogP contribution in [0.15, 0.2) is 130 Å². The molecule has 2 N–H and O–H groups in total. The van der Waals surface area contributed by atoms with Crippen LogP contribution < -0.4 is 16.4 Å². The summed E-state index contributed by atoms with van der Waals surface area (Å²) in [5.74, 6) is -3.11. The van der Waals surface area contributed by atoms with Crippen LogP contribution in [0.1, 0.15) is 48.2 Å². The standard InChI is InChI=1S/C14H13BFNO3S.C14H12BFO4S.C13H11BFNO4S.2CH4/c1-15-13-5-11(14(16)6-10(13)8-20-15)9-21(18,19)12-3-2-4-17-7-12;16-14-7-10-8-20-15(17)13(10)6-11(14)9-21(18,19)12-4-2-1-3-5-12;15-12-6-9-7-20-14(17)11(9)5-10(12)8-21(18,19)13-3-1-2-4-16-13;;/h2-7H,8-9H2,1H3;1-7,17H,8-9H2;1-6,17H,7-8H2;2*1H4. The van der Waals surface area contributed by atoms with Crippen LogP contribution in [0, 0.1) is 17.5 Å². The molecule has 2 aromatic heterocycles. The SMILES string of the molecule is C.C.CB1OCc2cc(F)c(CS(=O)(=O)c3cccnc3)cc21.O=S(=O)(Cc1cc2c(cc1F)COB2O)c1ccccc1.O=S(=O)(Cc1cc2c(cc1F)COB2O)c1ccccn1. The first-order valence-electron chi connectivity index (χ1n) is 19.1. The molecular weight excluding hydrogens is 906 g/mol. The summed E-state index contributed by atoms with van der Waals surface area (Å²) in [6, 6.07) is 23.5. The minimum Gasteiger partial charge on any atom is -0.427 e. The van der Waals surface area contributed by atoms with E-state index in [1.807, 2.05) is 6.82 Å². The van der Waals surface area contributed by atoms with Crippen LogP contribution >= 0.6 is 0 Å². The predicted molar refractivity (Wildman–Crippen MR) is 241 cm³/mol. The normalized spacial score (nSPS) is 13.8. The largest absolute Gasteiger partial charge is 0.491 e. The van der Waals surface area contributed by atoms with Gasteiger partial charge >= 0.3 is 21.2 Å². The quantitative estimate of drug-likeness (QED) is 0.196. The van der Waals surface area contributed by atoms with Gasteiger partial charge in [0.05, 0.1) is 46.9 Å². The Hall–Kier alpha value is -5.19. The summed E-state index contributed by atoms with van der Waals surface area (Å²) in [7, 11) is -13.3. The molecule has 0 bridgehead atoms. The lowest BCUT2D eigenvalue weighted by molar-refractivity contribution is 0.274. The minimum atomic E-state index is -3.74. The molecule has 6 aromatic rings. The molecule has 3 aliphatic heterocycles. The van der Waals surface area contributed by atoms with Gasteiger partial charge in [-0.25, -0.2) is 43.4 Å². The molecule has 0 saturated carbocycles. The van der Waals surface area contributed by atoms with Crippen molar-refractivity contribution in [2.75, 3.05) is 0 Å². The van der Waals surface area contributed by atoms with Crippen LogP contribution in [0.3, 0.4) is 0 Å². The molecule has 5 heterocycles. The molecule has 4 aromatic carbocycles. The van der Waals surface area contributed by atoms with Crippen LogP contribution in [0.2, 0.25) is 6.82 Å². The van der Waals surface area contributed by atoms with E-state index in [-0.39, 0.29) is 72.2 Å². The first-order chi connectivity index (χ1) is 29.9. The Balaban J connectivity index is 0.000000180. The number of fused-ring (bicyclic) bond motifs is 3. The van der Waals surface area contributed by atoms with E-state index in [0.717, 1.165) is 11.0 Å². The zero-order valence-corrected chi connectivity index (χ0v) is 35.7. The number of hydrogen-bond acceptors (Lipinski definition) is 13. The molecule has 0 unspecified atom stereocenters. The van der Waals surface area contributed by atoms with Crippen molar-refractivity contribution >= 4 is 67.1 Å². The Morgan fingerprint density at radius 1 is 0.554 bits per heavy atom. The highest BCUT2D eigenvalue weighted by molar-refractivity contribution is 7.91. The molecule has 0 aliphatic carbocycles. The van der Waals surface area contributed by atoms with E-state index in [2.05, 4.69) is 9.97 Å². The molecule has 0 fully saturated rings. The Morgan fingerprint density at radius 3 is 1.49 bits per heavy atom. The lowest BCUT2D eigenvalue weighted by Gasteiger charge is -2.08. The van der Waals surface area contributed by atoms with E-state index in [1.54, 1.807) is 42.5 Å². The van der Waals surface area contributed by atoms with Gasteiger partial charge in [-0.15, -0.1) is 0 Å². The maximum atomic E-state index is 14.1. The van der Waals surface area contributed by atoms with Gasteiger partial charge in [-0.2, -0.15) is 0 Å². The van der Waals surface area contributed by atoms with Crippen molar-refractivity contribution in [3.05, 3.63) is 166 Å². The number of halogens is 3. The molecule has 340 valence electrons. The molecular formula is C43H44B3F3N2O11S3. The molecule has 9 rings (SSSR count). The number of pyridine rings is 2. The van der Waals surface area contributed by atoms with Crippen LogP contribution in [0.5, 0.6) is 0 Å². The topological polar surface area (TPSA) is 196 Å². The summed E-state index contributed by atoms with van der Waals surface area (Å²) in [4.78, 5) is 7.80. The Kier molecular flexibility index (Phi) is 16.4. The number of sulfone groups is 3.